The van der Waals surface area contributed by atoms with Gasteiger partial charge in [0.2, 0.25) is 0 Å². The molecule has 1 saturated carbocycles. The number of ether oxygens (including phenoxy) is 1. The molecule has 2 nitrogen and oxygen atoms in total. The summed E-state index contributed by atoms with van der Waals surface area (Å²) in [7, 11) is 1.42. The van der Waals surface area contributed by atoms with Gasteiger partial charge < -0.3 is 4.74 Å². The van der Waals surface area contributed by atoms with Crippen molar-refractivity contribution in [3.63, 3.8) is 0 Å². The van der Waals surface area contributed by atoms with E-state index in [0.29, 0.717) is 6.42 Å². The predicted octanol–water partition coefficient (Wildman–Crippen LogP) is 1.91. The topological polar surface area (TPSA) is 26.3 Å². The minimum atomic E-state index is -0.152. The van der Waals surface area contributed by atoms with Crippen molar-refractivity contribution in [2.45, 2.75) is 25.7 Å². The van der Waals surface area contributed by atoms with Crippen molar-refractivity contribution >= 4 is 5.97 Å². The Balaban J connectivity index is 2.09. The highest BCUT2D eigenvalue weighted by atomic mass is 16.5. The van der Waals surface area contributed by atoms with Gasteiger partial charge in [-0.1, -0.05) is 18.6 Å². The molecule has 1 aliphatic rings. The maximum atomic E-state index is 10.6. The highest BCUT2D eigenvalue weighted by Crippen LogP contribution is 2.27. The largest absolute Gasteiger partial charge is 0.469 e. The zero-order valence-corrected chi connectivity index (χ0v) is 6.88. The molecule has 62 valence electrons. The molecule has 0 amide bonds. The molecule has 0 saturated heterocycles. The lowest BCUT2D eigenvalue weighted by Crippen LogP contribution is -2.07. The van der Waals surface area contributed by atoms with Crippen molar-refractivity contribution < 1.29 is 9.53 Å². The quantitative estimate of drug-likeness (QED) is 0.458. The Morgan fingerprint density at radius 1 is 1.64 bits per heavy atom. The lowest BCUT2D eigenvalue weighted by molar-refractivity contribution is -0.139. The van der Waals surface area contributed by atoms with Gasteiger partial charge in [-0.3, -0.25) is 4.79 Å². The van der Waals surface area contributed by atoms with Crippen LogP contribution in [0.3, 0.4) is 0 Å². The van der Waals surface area contributed by atoms with Crippen molar-refractivity contribution in [3.05, 3.63) is 12.2 Å². The monoisotopic (exact) mass is 154 g/mol. The highest BCUT2D eigenvalue weighted by molar-refractivity contribution is 5.70. The van der Waals surface area contributed by atoms with Crippen LogP contribution in [-0.4, -0.2) is 13.1 Å². The minimum absolute atomic E-state index is 0.152. The lowest BCUT2D eigenvalue weighted by Gasteiger charge is -2.21. The molecular formula is C9H14O2. The van der Waals surface area contributed by atoms with E-state index in [0.717, 1.165) is 5.92 Å². The third-order valence-corrected chi connectivity index (χ3v) is 2.07. The molecule has 0 aromatic carbocycles. The number of carbonyl (C=O) groups is 1. The SMILES string of the molecule is COC(=O)C/C=C\C1CCC1. The molecule has 2 heteroatoms. The normalized spacial score (nSPS) is 18.3. The van der Waals surface area contributed by atoms with Crippen LogP contribution in [0.25, 0.3) is 0 Å². The van der Waals surface area contributed by atoms with Crippen LogP contribution in [0.1, 0.15) is 25.7 Å². The fourth-order valence-corrected chi connectivity index (χ4v) is 1.07. The first-order chi connectivity index (χ1) is 5.33. The summed E-state index contributed by atoms with van der Waals surface area (Å²) in [6, 6.07) is 0. The van der Waals surface area contributed by atoms with Crippen LogP contribution in [0.15, 0.2) is 12.2 Å². The van der Waals surface area contributed by atoms with E-state index in [4.69, 9.17) is 0 Å². The standard InChI is InChI=1S/C9H14O2/c1-11-9(10)7-3-6-8-4-2-5-8/h3,6,8H,2,4-5,7H2,1H3/b6-3-. The summed E-state index contributed by atoms with van der Waals surface area (Å²) in [5, 5.41) is 0. The zero-order chi connectivity index (χ0) is 8.10. The molecule has 0 N–H and O–H groups in total. The summed E-state index contributed by atoms with van der Waals surface area (Å²) in [6.07, 6.45) is 8.38. The molecule has 1 rings (SSSR count). The number of methoxy groups -OCH3 is 1. The molecule has 1 fully saturated rings. The molecule has 0 aliphatic heterocycles. The molecule has 0 radical (unpaired) electrons. The Hall–Kier alpha value is -0.790. The van der Waals surface area contributed by atoms with Gasteiger partial charge in [-0.25, -0.2) is 0 Å². The van der Waals surface area contributed by atoms with E-state index in [2.05, 4.69) is 10.8 Å². The molecule has 0 spiro atoms. The van der Waals surface area contributed by atoms with E-state index < -0.39 is 0 Å². The molecule has 0 aromatic rings. The van der Waals surface area contributed by atoms with Gasteiger partial charge in [0.25, 0.3) is 0 Å². The highest BCUT2D eigenvalue weighted by Gasteiger charge is 2.13. The van der Waals surface area contributed by atoms with Crippen LogP contribution in [0.2, 0.25) is 0 Å². The van der Waals surface area contributed by atoms with Gasteiger partial charge in [-0.05, 0) is 18.8 Å². The van der Waals surface area contributed by atoms with E-state index in [-0.39, 0.29) is 5.97 Å². The third kappa shape index (κ3) is 2.74. The second-order valence-corrected chi connectivity index (χ2v) is 2.90. The maximum absolute atomic E-state index is 10.6. The Morgan fingerprint density at radius 3 is 2.82 bits per heavy atom. The van der Waals surface area contributed by atoms with Gasteiger partial charge >= 0.3 is 5.97 Å². The van der Waals surface area contributed by atoms with E-state index in [1.807, 2.05) is 6.08 Å². The van der Waals surface area contributed by atoms with Crippen molar-refractivity contribution in [1.29, 1.82) is 0 Å². The van der Waals surface area contributed by atoms with E-state index in [1.54, 1.807) is 0 Å². The molecular weight excluding hydrogens is 140 g/mol. The maximum Gasteiger partial charge on any atom is 0.309 e. The van der Waals surface area contributed by atoms with Crippen LogP contribution in [-0.2, 0) is 9.53 Å². The third-order valence-electron chi connectivity index (χ3n) is 2.07. The Kier molecular flexibility index (Phi) is 3.14. The number of hydrogen-bond acceptors (Lipinski definition) is 2. The van der Waals surface area contributed by atoms with Crippen LogP contribution < -0.4 is 0 Å². The van der Waals surface area contributed by atoms with Gasteiger partial charge in [0, 0.05) is 0 Å². The first-order valence-corrected chi connectivity index (χ1v) is 4.06. The summed E-state index contributed by atoms with van der Waals surface area (Å²) < 4.78 is 4.49. The number of hydrogen-bond donors (Lipinski definition) is 0. The van der Waals surface area contributed by atoms with Crippen molar-refractivity contribution in [2.75, 3.05) is 7.11 Å². The molecule has 11 heavy (non-hydrogen) atoms. The van der Waals surface area contributed by atoms with E-state index >= 15 is 0 Å². The van der Waals surface area contributed by atoms with Gasteiger partial charge in [-0.2, -0.15) is 0 Å². The number of esters is 1. The first kappa shape index (κ1) is 8.31. The molecule has 0 atom stereocenters. The first-order valence-electron chi connectivity index (χ1n) is 4.06. The molecule has 0 heterocycles. The van der Waals surface area contributed by atoms with Gasteiger partial charge in [0.05, 0.1) is 13.5 Å². The van der Waals surface area contributed by atoms with Crippen molar-refractivity contribution in [2.24, 2.45) is 5.92 Å². The molecule has 1 aliphatic carbocycles. The summed E-state index contributed by atoms with van der Waals surface area (Å²) >= 11 is 0. The molecule has 0 unspecified atom stereocenters. The summed E-state index contributed by atoms with van der Waals surface area (Å²) in [5.41, 5.74) is 0. The summed E-state index contributed by atoms with van der Waals surface area (Å²) in [4.78, 5) is 10.6. The molecule has 0 bridgehead atoms. The Labute approximate surface area is 67.2 Å². The van der Waals surface area contributed by atoms with Crippen LogP contribution in [0.5, 0.6) is 0 Å². The number of carbonyl (C=O) groups excluding carboxylic acids is 1. The Bertz CT molecular complexity index is 157. The molecule has 0 aromatic heterocycles. The van der Waals surface area contributed by atoms with Crippen LogP contribution in [0.4, 0.5) is 0 Å². The van der Waals surface area contributed by atoms with Crippen LogP contribution >= 0.6 is 0 Å². The van der Waals surface area contributed by atoms with Crippen LogP contribution in [0, 0.1) is 5.92 Å². The predicted molar refractivity (Wildman–Crippen MR) is 43.1 cm³/mol. The Morgan fingerprint density at radius 2 is 2.36 bits per heavy atom. The van der Waals surface area contributed by atoms with Gasteiger partial charge in [0.15, 0.2) is 0 Å². The number of allylic oxidation sites excluding steroid dienone is 1. The number of rotatable bonds is 3. The van der Waals surface area contributed by atoms with E-state index in [9.17, 15) is 4.79 Å². The summed E-state index contributed by atoms with van der Waals surface area (Å²) in [5.74, 6) is 0.584. The minimum Gasteiger partial charge on any atom is -0.469 e. The second-order valence-electron chi connectivity index (χ2n) is 2.90. The summed E-state index contributed by atoms with van der Waals surface area (Å²) in [6.45, 7) is 0. The van der Waals surface area contributed by atoms with Gasteiger partial charge in [0.1, 0.15) is 0 Å². The fraction of sp³-hybridized carbons (Fsp3) is 0.667. The lowest BCUT2D eigenvalue weighted by atomic mass is 9.85. The second kappa shape index (κ2) is 4.16. The van der Waals surface area contributed by atoms with Crippen molar-refractivity contribution in [3.8, 4) is 0 Å². The smallest absolute Gasteiger partial charge is 0.309 e. The average molecular weight is 154 g/mol. The van der Waals surface area contributed by atoms with Crippen molar-refractivity contribution in [1.82, 2.24) is 0 Å². The zero-order valence-electron chi connectivity index (χ0n) is 6.88. The van der Waals surface area contributed by atoms with Gasteiger partial charge in [-0.15, -0.1) is 0 Å². The fourth-order valence-electron chi connectivity index (χ4n) is 1.07. The average Bonchev–Trinajstić information content (AvgIpc) is 1.94. The van der Waals surface area contributed by atoms with E-state index in [1.165, 1.54) is 26.4 Å².